The van der Waals surface area contributed by atoms with E-state index in [4.69, 9.17) is 21.7 Å². The van der Waals surface area contributed by atoms with Crippen molar-refractivity contribution in [2.24, 2.45) is 0 Å². The average molecular weight is 602 g/mol. The molecule has 0 unspecified atom stereocenters. The maximum atomic E-state index is 13.8. The van der Waals surface area contributed by atoms with Gasteiger partial charge in [0.2, 0.25) is 5.91 Å². The fourth-order valence-corrected chi connectivity index (χ4v) is 6.03. The Hall–Kier alpha value is -3.99. The number of hydrogen-bond acceptors (Lipinski definition) is 7. The van der Waals surface area contributed by atoms with Crippen molar-refractivity contribution in [1.29, 1.82) is 0 Å². The van der Waals surface area contributed by atoms with Gasteiger partial charge in [-0.05, 0) is 67.1 Å². The first-order valence-corrected chi connectivity index (χ1v) is 15.1. The van der Waals surface area contributed by atoms with Gasteiger partial charge in [0.15, 0.2) is 5.11 Å². The molecule has 2 amide bonds. The van der Waals surface area contributed by atoms with Crippen molar-refractivity contribution >= 4 is 40.5 Å². The lowest BCUT2D eigenvalue weighted by atomic mass is 10.1. The third-order valence-corrected chi connectivity index (χ3v) is 8.39. The summed E-state index contributed by atoms with van der Waals surface area (Å²) in [5, 5.41) is 3.32. The number of piperazine rings is 1. The van der Waals surface area contributed by atoms with Crippen LogP contribution in [0.1, 0.15) is 18.4 Å². The Morgan fingerprint density at radius 3 is 2.26 bits per heavy atom. The van der Waals surface area contributed by atoms with Gasteiger partial charge in [-0.3, -0.25) is 19.4 Å². The molecule has 226 valence electrons. The highest BCUT2D eigenvalue weighted by Crippen LogP contribution is 2.30. The predicted octanol–water partition coefficient (Wildman–Crippen LogP) is 4.24. The van der Waals surface area contributed by atoms with Crippen molar-refractivity contribution in [2.45, 2.75) is 25.4 Å². The number of rotatable bonds is 12. The summed E-state index contributed by atoms with van der Waals surface area (Å²) in [5.41, 5.74) is 2.61. The monoisotopic (exact) mass is 601 g/mol. The zero-order valence-electron chi connectivity index (χ0n) is 24.8. The number of ether oxygens (including phenoxy) is 2. The van der Waals surface area contributed by atoms with E-state index >= 15 is 0 Å². The molecule has 2 fully saturated rings. The molecule has 2 saturated heterocycles. The number of nitrogens with zero attached hydrogens (tertiary/aromatic N) is 4. The van der Waals surface area contributed by atoms with E-state index in [0.717, 1.165) is 45.7 Å². The summed E-state index contributed by atoms with van der Waals surface area (Å²) in [6, 6.07) is 24.3. The summed E-state index contributed by atoms with van der Waals surface area (Å²) >= 11 is 5.86. The lowest BCUT2D eigenvalue weighted by Gasteiger charge is -2.35. The minimum Gasteiger partial charge on any atom is -0.497 e. The zero-order valence-corrected chi connectivity index (χ0v) is 25.6. The Morgan fingerprint density at radius 1 is 0.860 bits per heavy atom. The van der Waals surface area contributed by atoms with E-state index in [1.54, 1.807) is 44.6 Å². The van der Waals surface area contributed by atoms with Gasteiger partial charge in [-0.2, -0.15) is 0 Å². The zero-order chi connectivity index (χ0) is 30.2. The molecule has 10 heteroatoms. The van der Waals surface area contributed by atoms with Crippen LogP contribution in [-0.4, -0.2) is 91.2 Å². The Bertz CT molecular complexity index is 1400. The van der Waals surface area contributed by atoms with Gasteiger partial charge in [0.1, 0.15) is 17.5 Å². The molecule has 3 aromatic carbocycles. The summed E-state index contributed by atoms with van der Waals surface area (Å²) < 4.78 is 10.6. The Morgan fingerprint density at radius 2 is 1.56 bits per heavy atom. The fourth-order valence-electron chi connectivity index (χ4n) is 5.61. The predicted molar refractivity (Wildman–Crippen MR) is 173 cm³/mol. The SMILES string of the molecule is COc1ccc(NC(=O)C[C@H]2C(=O)N(c3cccc(OC)c3)C(=S)N2CCCN2CCN(Cc3ccccc3)CC2)cc1. The van der Waals surface area contributed by atoms with Gasteiger partial charge >= 0.3 is 0 Å². The third-order valence-electron chi connectivity index (χ3n) is 7.97. The van der Waals surface area contributed by atoms with Gasteiger partial charge in [0, 0.05) is 51.0 Å². The fraction of sp³-hybridized carbons (Fsp3) is 0.364. The molecule has 1 N–H and O–H groups in total. The molecule has 3 aromatic rings. The second kappa shape index (κ2) is 14.5. The molecule has 2 aliphatic rings. The van der Waals surface area contributed by atoms with Gasteiger partial charge < -0.3 is 24.6 Å². The van der Waals surface area contributed by atoms with Crippen molar-refractivity contribution in [3.05, 3.63) is 84.4 Å². The first kappa shape index (κ1) is 30.5. The van der Waals surface area contributed by atoms with Crippen LogP contribution in [0.25, 0.3) is 0 Å². The second-order valence-electron chi connectivity index (χ2n) is 10.8. The van der Waals surface area contributed by atoms with Crippen molar-refractivity contribution in [3.8, 4) is 11.5 Å². The lowest BCUT2D eigenvalue weighted by Crippen LogP contribution is -2.47. The van der Waals surface area contributed by atoms with Crippen molar-refractivity contribution in [3.63, 3.8) is 0 Å². The average Bonchev–Trinajstić information content (AvgIpc) is 3.26. The number of thiocarbonyl (C=S) groups is 1. The minimum atomic E-state index is -0.695. The number of hydrogen-bond donors (Lipinski definition) is 1. The van der Waals surface area contributed by atoms with Crippen molar-refractivity contribution in [1.82, 2.24) is 14.7 Å². The number of amides is 2. The molecule has 0 spiro atoms. The van der Waals surface area contributed by atoms with Gasteiger partial charge in [0.05, 0.1) is 26.3 Å². The van der Waals surface area contributed by atoms with E-state index < -0.39 is 6.04 Å². The number of benzene rings is 3. The maximum Gasteiger partial charge on any atom is 0.256 e. The molecule has 43 heavy (non-hydrogen) atoms. The van der Waals surface area contributed by atoms with Crippen LogP contribution in [0.15, 0.2) is 78.9 Å². The summed E-state index contributed by atoms with van der Waals surface area (Å²) in [6.45, 7) is 6.49. The smallest absolute Gasteiger partial charge is 0.256 e. The molecule has 0 aliphatic carbocycles. The lowest BCUT2D eigenvalue weighted by molar-refractivity contribution is -0.124. The Labute approximate surface area is 259 Å². The normalized spacial score (nSPS) is 17.8. The maximum absolute atomic E-state index is 13.8. The van der Waals surface area contributed by atoms with Gasteiger partial charge in [-0.25, -0.2) is 0 Å². The molecule has 5 rings (SSSR count). The van der Waals surface area contributed by atoms with Crippen LogP contribution in [0.4, 0.5) is 11.4 Å². The van der Waals surface area contributed by atoms with Crippen LogP contribution < -0.4 is 19.7 Å². The van der Waals surface area contributed by atoms with Crippen LogP contribution >= 0.6 is 12.2 Å². The molecule has 9 nitrogen and oxygen atoms in total. The van der Waals surface area contributed by atoms with Crippen LogP contribution in [0.5, 0.6) is 11.5 Å². The number of carbonyl (C=O) groups excluding carboxylic acids is 2. The Balaban J connectivity index is 1.21. The number of methoxy groups -OCH3 is 2. The number of nitrogens with one attached hydrogen (secondary N) is 1. The second-order valence-corrected chi connectivity index (χ2v) is 11.2. The Kier molecular flexibility index (Phi) is 10.2. The third kappa shape index (κ3) is 7.70. The molecule has 1 atom stereocenters. The van der Waals surface area contributed by atoms with E-state index in [1.165, 1.54) is 10.5 Å². The quantitative estimate of drug-likeness (QED) is 0.309. The highest BCUT2D eigenvalue weighted by molar-refractivity contribution is 7.80. The number of carbonyl (C=O) groups is 2. The molecule has 0 radical (unpaired) electrons. The molecule has 0 saturated carbocycles. The van der Waals surface area contributed by atoms with Crippen molar-refractivity contribution < 1.29 is 19.1 Å². The summed E-state index contributed by atoms with van der Waals surface area (Å²) in [5.74, 6) is 0.870. The van der Waals surface area contributed by atoms with E-state index in [1.807, 2.05) is 23.1 Å². The molecular weight excluding hydrogens is 562 g/mol. The standard InChI is InChI=1S/C33H39N5O4S/c1-41-28-14-12-26(13-15-28)34-31(39)23-30-32(40)38(27-10-6-11-29(22-27)42-2)33(43)37(30)17-7-16-35-18-20-36(21-19-35)24-25-8-4-3-5-9-25/h3-6,8-15,22,30H,7,16-21,23-24H2,1-2H3,(H,34,39)/t30-/m0/s1. The van der Waals surface area contributed by atoms with Gasteiger partial charge in [0.25, 0.3) is 5.91 Å². The van der Waals surface area contributed by atoms with Crippen LogP contribution in [0, 0.1) is 0 Å². The first-order chi connectivity index (χ1) is 20.9. The van der Waals surface area contributed by atoms with Crippen molar-refractivity contribution in [2.75, 3.05) is 63.7 Å². The minimum absolute atomic E-state index is 0.0103. The number of anilines is 2. The first-order valence-electron chi connectivity index (χ1n) is 14.7. The summed E-state index contributed by atoms with van der Waals surface area (Å²) in [4.78, 5) is 35.3. The van der Waals surface area contributed by atoms with Crippen LogP contribution in [0.2, 0.25) is 0 Å². The summed E-state index contributed by atoms with van der Waals surface area (Å²) in [7, 11) is 3.18. The highest BCUT2D eigenvalue weighted by atomic mass is 32.1. The van der Waals surface area contributed by atoms with Crippen LogP contribution in [0.3, 0.4) is 0 Å². The highest BCUT2D eigenvalue weighted by Gasteiger charge is 2.44. The van der Waals surface area contributed by atoms with E-state index in [2.05, 4.69) is 45.4 Å². The van der Waals surface area contributed by atoms with Gasteiger partial charge in [-0.15, -0.1) is 0 Å². The molecule has 2 aliphatic heterocycles. The molecule has 0 bridgehead atoms. The van der Waals surface area contributed by atoms with E-state index in [-0.39, 0.29) is 18.2 Å². The summed E-state index contributed by atoms with van der Waals surface area (Å²) in [6.07, 6.45) is 0.818. The van der Waals surface area contributed by atoms with E-state index in [0.29, 0.717) is 34.5 Å². The van der Waals surface area contributed by atoms with E-state index in [9.17, 15) is 9.59 Å². The molecule has 0 aromatic heterocycles. The topological polar surface area (TPSA) is 77.6 Å². The molecule has 2 heterocycles. The molecular formula is C33H39N5O4S. The van der Waals surface area contributed by atoms with Gasteiger partial charge in [-0.1, -0.05) is 36.4 Å². The van der Waals surface area contributed by atoms with Crippen LogP contribution in [-0.2, 0) is 16.1 Å². The largest absolute Gasteiger partial charge is 0.497 e.